The van der Waals surface area contributed by atoms with E-state index in [4.69, 9.17) is 0 Å². The number of hydrogen-bond donors (Lipinski definition) is 2. The van der Waals surface area contributed by atoms with Gasteiger partial charge in [0.15, 0.2) is 0 Å². The Kier molecular flexibility index (Phi) is 4.87. The molecule has 1 amide bonds. The molecule has 2 aromatic rings. The lowest BCUT2D eigenvalue weighted by molar-refractivity contribution is -0.275. The number of H-pyrrole nitrogens is 1. The molecule has 0 aliphatic heterocycles. The number of carbonyl (C=O) groups is 1. The second-order valence-corrected chi connectivity index (χ2v) is 6.20. The van der Waals surface area contributed by atoms with Crippen LogP contribution in [0.25, 0.3) is 0 Å². The number of aromatic amines is 1. The fraction of sp³-hybridized carbons (Fsp3) is 0.250. The zero-order valence-corrected chi connectivity index (χ0v) is 13.3. The molecule has 0 unspecified atom stereocenters. The maximum atomic E-state index is 12.4. The van der Waals surface area contributed by atoms with Crippen LogP contribution in [0.2, 0.25) is 0 Å². The lowest BCUT2D eigenvalue weighted by Crippen LogP contribution is -2.39. The van der Waals surface area contributed by atoms with Crippen molar-refractivity contribution < 1.29 is 31.1 Å². The smallest absolute Gasteiger partial charge is 0.404 e. The zero-order valence-electron chi connectivity index (χ0n) is 12.5. The number of benzene rings is 1. The Balaban J connectivity index is 2.35. The molecule has 0 bridgehead atoms. The number of alkyl halides is 3. The Morgan fingerprint density at radius 3 is 2.56 bits per heavy atom. The van der Waals surface area contributed by atoms with Crippen LogP contribution >= 0.6 is 0 Å². The predicted molar refractivity (Wildman–Crippen MR) is 76.5 cm³/mol. The molecule has 0 atom stereocenters. The van der Waals surface area contributed by atoms with Gasteiger partial charge in [0.25, 0.3) is 10.0 Å². The minimum absolute atomic E-state index is 0.123. The standard InChI is InChI=1S/C12H11F3N4O5S/c1-2-9-16-10(20)19(17-9)11(21)18-25(22,23)8-6-4-3-5-7(8)24-12(13,14)15/h3-6H,2H2,1H3,(H,18,21)(H,16,17,20). The van der Waals surface area contributed by atoms with Crippen molar-refractivity contribution in [3.63, 3.8) is 0 Å². The highest BCUT2D eigenvalue weighted by molar-refractivity contribution is 7.90. The number of rotatable bonds is 4. The van der Waals surface area contributed by atoms with Crippen molar-refractivity contribution in [2.75, 3.05) is 0 Å². The van der Waals surface area contributed by atoms with Crippen molar-refractivity contribution in [3.8, 4) is 5.75 Å². The quantitative estimate of drug-likeness (QED) is 0.815. The molecule has 2 rings (SSSR count). The van der Waals surface area contributed by atoms with Gasteiger partial charge in [-0.05, 0) is 12.1 Å². The van der Waals surface area contributed by atoms with E-state index in [-0.39, 0.29) is 16.9 Å². The Hall–Kier alpha value is -2.83. The molecule has 0 aliphatic rings. The van der Waals surface area contributed by atoms with Crippen molar-refractivity contribution in [2.24, 2.45) is 0 Å². The Morgan fingerprint density at radius 1 is 1.36 bits per heavy atom. The van der Waals surface area contributed by atoms with Crippen molar-refractivity contribution in [2.45, 2.75) is 24.6 Å². The van der Waals surface area contributed by atoms with Gasteiger partial charge >= 0.3 is 18.1 Å². The van der Waals surface area contributed by atoms with Gasteiger partial charge in [-0.3, -0.25) is 4.98 Å². The van der Waals surface area contributed by atoms with Gasteiger partial charge in [0, 0.05) is 6.42 Å². The second kappa shape index (κ2) is 6.58. The first-order chi connectivity index (χ1) is 11.5. The molecule has 0 radical (unpaired) electrons. The predicted octanol–water partition coefficient (Wildman–Crippen LogP) is 0.979. The number of sulfonamides is 1. The van der Waals surface area contributed by atoms with Gasteiger partial charge in [0.05, 0.1) is 0 Å². The molecule has 1 aromatic heterocycles. The number of halogens is 3. The first-order valence-corrected chi connectivity index (χ1v) is 8.12. The van der Waals surface area contributed by atoms with E-state index < -0.39 is 38.8 Å². The third kappa shape index (κ3) is 4.37. The minimum atomic E-state index is -5.13. The number of ether oxygens (including phenoxy) is 1. The van der Waals surface area contributed by atoms with Gasteiger partial charge in [0.2, 0.25) is 0 Å². The number of carbonyl (C=O) groups excluding carboxylic acids is 1. The van der Waals surface area contributed by atoms with Crippen LogP contribution < -0.4 is 15.1 Å². The first-order valence-electron chi connectivity index (χ1n) is 6.63. The van der Waals surface area contributed by atoms with Gasteiger partial charge in [-0.2, -0.15) is 0 Å². The minimum Gasteiger partial charge on any atom is -0.404 e. The molecule has 25 heavy (non-hydrogen) atoms. The summed E-state index contributed by atoms with van der Waals surface area (Å²) in [7, 11) is -4.76. The summed E-state index contributed by atoms with van der Waals surface area (Å²) < 4.78 is 66.8. The number of aryl methyl sites for hydroxylation is 1. The van der Waals surface area contributed by atoms with Crippen LogP contribution in [0.1, 0.15) is 12.7 Å². The monoisotopic (exact) mass is 380 g/mol. The average molecular weight is 380 g/mol. The molecule has 0 saturated carbocycles. The van der Waals surface area contributed by atoms with Crippen LogP contribution in [-0.2, 0) is 16.4 Å². The second-order valence-electron chi connectivity index (χ2n) is 4.55. The number of aromatic nitrogens is 3. The van der Waals surface area contributed by atoms with E-state index in [0.717, 1.165) is 24.3 Å². The van der Waals surface area contributed by atoms with Gasteiger partial charge in [-0.1, -0.05) is 19.1 Å². The van der Waals surface area contributed by atoms with Gasteiger partial charge in [-0.25, -0.2) is 22.7 Å². The molecule has 0 fully saturated rings. The van der Waals surface area contributed by atoms with Gasteiger partial charge in [-0.15, -0.1) is 23.0 Å². The summed E-state index contributed by atoms with van der Waals surface area (Å²) in [5, 5.41) is 3.55. The molecule has 0 saturated heterocycles. The largest absolute Gasteiger partial charge is 0.573 e. The number of hydrogen-bond acceptors (Lipinski definition) is 6. The number of nitrogens with one attached hydrogen (secondary N) is 2. The number of amides is 1. The summed E-state index contributed by atoms with van der Waals surface area (Å²) in [6.07, 6.45) is -4.87. The molecule has 9 nitrogen and oxygen atoms in total. The highest BCUT2D eigenvalue weighted by atomic mass is 32.2. The lowest BCUT2D eigenvalue weighted by atomic mass is 10.3. The molecule has 0 spiro atoms. The highest BCUT2D eigenvalue weighted by Crippen LogP contribution is 2.29. The summed E-state index contributed by atoms with van der Waals surface area (Å²) in [5.74, 6) is -0.905. The molecule has 136 valence electrons. The van der Waals surface area contributed by atoms with Crippen LogP contribution in [0.4, 0.5) is 18.0 Å². The van der Waals surface area contributed by atoms with Crippen molar-refractivity contribution in [3.05, 3.63) is 40.6 Å². The number of nitrogens with zero attached hydrogens (tertiary/aromatic N) is 2. The van der Waals surface area contributed by atoms with E-state index in [1.807, 2.05) is 0 Å². The summed E-state index contributed by atoms with van der Waals surface area (Å²) in [6, 6.07) is 2.37. The Labute approximate surface area is 138 Å². The van der Waals surface area contributed by atoms with Crippen LogP contribution in [0.3, 0.4) is 0 Å². The zero-order chi connectivity index (χ0) is 18.8. The molecule has 2 N–H and O–H groups in total. The van der Waals surface area contributed by atoms with E-state index in [1.165, 1.54) is 4.72 Å². The van der Waals surface area contributed by atoms with Crippen LogP contribution in [0.15, 0.2) is 34.0 Å². The van der Waals surface area contributed by atoms with Gasteiger partial charge < -0.3 is 4.74 Å². The van der Waals surface area contributed by atoms with Crippen molar-refractivity contribution in [1.29, 1.82) is 0 Å². The van der Waals surface area contributed by atoms with Crippen molar-refractivity contribution >= 4 is 16.1 Å². The van der Waals surface area contributed by atoms with Crippen LogP contribution in [0, 0.1) is 0 Å². The van der Waals surface area contributed by atoms with E-state index in [0.29, 0.717) is 0 Å². The molecule has 1 aromatic carbocycles. The summed E-state index contributed by atoms with van der Waals surface area (Å²) in [4.78, 5) is 24.7. The SMILES string of the molecule is CCc1nn(C(=O)NS(=O)(=O)c2ccccc2OC(F)(F)F)c(=O)[nH]1. The third-order valence-corrected chi connectivity index (χ3v) is 4.14. The van der Waals surface area contributed by atoms with Crippen LogP contribution in [-0.4, -0.2) is 35.6 Å². The topological polar surface area (TPSA) is 123 Å². The highest BCUT2D eigenvalue weighted by Gasteiger charge is 2.34. The van der Waals surface area contributed by atoms with E-state index in [1.54, 1.807) is 6.92 Å². The molecular weight excluding hydrogens is 369 g/mol. The fourth-order valence-corrected chi connectivity index (χ4v) is 2.82. The summed E-state index contributed by atoms with van der Waals surface area (Å²) >= 11 is 0. The van der Waals surface area contributed by atoms with Crippen molar-refractivity contribution in [1.82, 2.24) is 19.5 Å². The summed E-state index contributed by atoms with van der Waals surface area (Å²) in [5.41, 5.74) is -0.996. The maximum absolute atomic E-state index is 12.4. The normalized spacial score (nSPS) is 12.0. The molecule has 1 heterocycles. The molecule has 13 heteroatoms. The summed E-state index contributed by atoms with van der Waals surface area (Å²) in [6.45, 7) is 1.63. The van der Waals surface area contributed by atoms with E-state index in [2.05, 4.69) is 14.8 Å². The first kappa shape index (κ1) is 18.5. The number of para-hydroxylation sites is 1. The molecule has 0 aliphatic carbocycles. The fourth-order valence-electron chi connectivity index (χ4n) is 1.76. The van der Waals surface area contributed by atoms with E-state index >= 15 is 0 Å². The average Bonchev–Trinajstić information content (AvgIpc) is 2.87. The lowest BCUT2D eigenvalue weighted by Gasteiger charge is -2.13. The molecular formula is C12H11F3N4O5S. The van der Waals surface area contributed by atoms with Crippen LogP contribution in [0.5, 0.6) is 5.75 Å². The van der Waals surface area contributed by atoms with E-state index in [9.17, 15) is 31.2 Å². The van der Waals surface area contributed by atoms with Gasteiger partial charge in [0.1, 0.15) is 16.5 Å². The third-order valence-electron chi connectivity index (χ3n) is 2.78. The Bertz CT molecular complexity index is 948. The Morgan fingerprint density at radius 2 is 2.00 bits per heavy atom. The maximum Gasteiger partial charge on any atom is 0.573 e.